The quantitative estimate of drug-likeness (QED) is 0.823. The van der Waals surface area contributed by atoms with Crippen molar-refractivity contribution >= 4 is 5.97 Å². The fourth-order valence-electron chi connectivity index (χ4n) is 3.23. The first kappa shape index (κ1) is 11.4. The molecule has 1 aromatic heterocycles. The first-order valence-electron chi connectivity index (χ1n) is 6.45. The normalized spacial score (nSPS) is 29.1. The van der Waals surface area contributed by atoms with Gasteiger partial charge in [0.1, 0.15) is 11.6 Å². The number of aliphatic carboxylic acids is 1. The van der Waals surface area contributed by atoms with Crippen LogP contribution >= 0.6 is 0 Å². The number of hydrogen-bond donors (Lipinski definition) is 1. The van der Waals surface area contributed by atoms with E-state index in [0.29, 0.717) is 24.3 Å². The predicted octanol–water partition coefficient (Wildman–Crippen LogP) is 1.74. The lowest BCUT2D eigenvalue weighted by atomic mass is 9.93. The Bertz CT molecular complexity index is 506. The number of carbonyl (C=O) groups is 1. The Kier molecular flexibility index (Phi) is 2.69. The number of hydrogen-bond acceptors (Lipinski definition) is 3. The Balaban J connectivity index is 1.84. The Morgan fingerprint density at radius 2 is 2.28 bits per heavy atom. The van der Waals surface area contributed by atoms with Crippen molar-refractivity contribution in [2.24, 2.45) is 11.8 Å². The zero-order valence-electron chi connectivity index (χ0n) is 10.4. The minimum Gasteiger partial charge on any atom is -0.481 e. The third-order valence-corrected chi connectivity index (χ3v) is 4.12. The summed E-state index contributed by atoms with van der Waals surface area (Å²) >= 11 is 0. The van der Waals surface area contributed by atoms with Crippen molar-refractivity contribution in [3.05, 3.63) is 23.8 Å². The first-order chi connectivity index (χ1) is 8.65. The van der Waals surface area contributed by atoms with Gasteiger partial charge in [0.15, 0.2) is 0 Å². The molecule has 0 spiro atoms. The largest absolute Gasteiger partial charge is 0.481 e. The summed E-state index contributed by atoms with van der Waals surface area (Å²) in [6, 6.07) is 0. The van der Waals surface area contributed by atoms with Gasteiger partial charge in [0.25, 0.3) is 0 Å². The molecule has 3 rings (SSSR count). The second-order valence-electron chi connectivity index (χ2n) is 5.29. The van der Waals surface area contributed by atoms with Gasteiger partial charge in [-0.05, 0) is 31.6 Å². The summed E-state index contributed by atoms with van der Waals surface area (Å²) in [4.78, 5) is 10.7. The monoisotopic (exact) mass is 247 g/mol. The predicted molar refractivity (Wildman–Crippen MR) is 65.1 cm³/mol. The highest BCUT2D eigenvalue weighted by molar-refractivity contribution is 5.66. The van der Waals surface area contributed by atoms with E-state index in [1.54, 1.807) is 0 Å². The van der Waals surface area contributed by atoms with Crippen LogP contribution in [0.1, 0.15) is 36.8 Å². The molecule has 2 bridgehead atoms. The van der Waals surface area contributed by atoms with E-state index in [-0.39, 0.29) is 6.42 Å². The molecule has 0 saturated heterocycles. The third kappa shape index (κ3) is 1.83. The number of nitrogens with zero attached hydrogens (tertiary/aromatic N) is 3. The number of carboxylic acid groups (broad SMARTS) is 1. The van der Waals surface area contributed by atoms with Crippen molar-refractivity contribution in [2.45, 2.75) is 38.6 Å². The maximum Gasteiger partial charge on any atom is 0.305 e. The molecule has 0 radical (unpaired) electrons. The van der Waals surface area contributed by atoms with E-state index < -0.39 is 5.97 Å². The number of aromatic nitrogens is 3. The number of rotatable bonds is 4. The van der Waals surface area contributed by atoms with Crippen molar-refractivity contribution in [3.8, 4) is 0 Å². The van der Waals surface area contributed by atoms with Crippen LogP contribution in [0.4, 0.5) is 0 Å². The van der Waals surface area contributed by atoms with Gasteiger partial charge in [-0.25, -0.2) is 0 Å². The summed E-state index contributed by atoms with van der Waals surface area (Å²) < 4.78 is 1.98. The summed E-state index contributed by atoms with van der Waals surface area (Å²) in [5.74, 6) is 2.70. The summed E-state index contributed by atoms with van der Waals surface area (Å²) in [6.45, 7) is 2.36. The molecule has 0 aliphatic heterocycles. The third-order valence-electron chi connectivity index (χ3n) is 4.12. The average Bonchev–Trinajstić information content (AvgIpc) is 3.00. The number of allylic oxidation sites excluding steroid dienone is 2. The van der Waals surface area contributed by atoms with Gasteiger partial charge in [0, 0.05) is 12.5 Å². The lowest BCUT2D eigenvalue weighted by Gasteiger charge is -2.18. The van der Waals surface area contributed by atoms with Crippen LogP contribution in [0.2, 0.25) is 0 Å². The van der Waals surface area contributed by atoms with E-state index in [1.807, 2.05) is 11.5 Å². The minimum absolute atomic E-state index is 0.128. The van der Waals surface area contributed by atoms with Crippen molar-refractivity contribution in [3.63, 3.8) is 0 Å². The van der Waals surface area contributed by atoms with Crippen molar-refractivity contribution in [1.82, 2.24) is 14.8 Å². The standard InChI is InChI=1S/C13H17N3O2/c1-8-14-15-13(16(8)5-4-12(17)18)11-7-9-2-3-10(11)6-9/h2-3,9-11H,4-7H2,1H3,(H,17,18). The lowest BCUT2D eigenvalue weighted by molar-refractivity contribution is -0.137. The summed E-state index contributed by atoms with van der Waals surface area (Å²) in [5.41, 5.74) is 0. The molecule has 3 unspecified atom stereocenters. The molecular formula is C13H17N3O2. The van der Waals surface area contributed by atoms with Crippen LogP contribution in [-0.2, 0) is 11.3 Å². The van der Waals surface area contributed by atoms with E-state index >= 15 is 0 Å². The van der Waals surface area contributed by atoms with Gasteiger partial charge < -0.3 is 9.67 Å². The Labute approximate surface area is 106 Å². The molecule has 1 aromatic rings. The van der Waals surface area contributed by atoms with E-state index in [0.717, 1.165) is 18.1 Å². The van der Waals surface area contributed by atoms with Crippen molar-refractivity contribution in [1.29, 1.82) is 0 Å². The van der Waals surface area contributed by atoms with Crippen LogP contribution in [0.15, 0.2) is 12.2 Å². The zero-order valence-corrected chi connectivity index (χ0v) is 10.4. The van der Waals surface area contributed by atoms with E-state index in [4.69, 9.17) is 5.11 Å². The smallest absolute Gasteiger partial charge is 0.305 e. The highest BCUT2D eigenvalue weighted by Gasteiger charge is 2.39. The van der Waals surface area contributed by atoms with Gasteiger partial charge in [-0.2, -0.15) is 0 Å². The number of carboxylic acids is 1. The molecule has 1 heterocycles. The average molecular weight is 247 g/mol. The molecule has 2 aliphatic carbocycles. The molecule has 5 heteroatoms. The Hall–Kier alpha value is -1.65. The van der Waals surface area contributed by atoms with Gasteiger partial charge >= 0.3 is 5.97 Å². The summed E-state index contributed by atoms with van der Waals surface area (Å²) in [6.07, 6.45) is 7.06. The molecule has 2 aliphatic rings. The van der Waals surface area contributed by atoms with Crippen LogP contribution in [0, 0.1) is 18.8 Å². The van der Waals surface area contributed by atoms with Gasteiger partial charge in [-0.15, -0.1) is 10.2 Å². The highest BCUT2D eigenvalue weighted by atomic mass is 16.4. The van der Waals surface area contributed by atoms with Gasteiger partial charge in [-0.1, -0.05) is 12.2 Å². The number of aryl methyl sites for hydroxylation is 1. The number of fused-ring (bicyclic) bond motifs is 2. The van der Waals surface area contributed by atoms with Crippen LogP contribution < -0.4 is 0 Å². The highest BCUT2D eigenvalue weighted by Crippen LogP contribution is 2.48. The van der Waals surface area contributed by atoms with Gasteiger partial charge in [0.05, 0.1) is 6.42 Å². The molecule has 1 fully saturated rings. The maximum atomic E-state index is 10.7. The molecule has 18 heavy (non-hydrogen) atoms. The lowest BCUT2D eigenvalue weighted by Crippen LogP contribution is -2.15. The maximum absolute atomic E-state index is 10.7. The summed E-state index contributed by atoms with van der Waals surface area (Å²) in [7, 11) is 0. The molecule has 0 aromatic carbocycles. The van der Waals surface area contributed by atoms with E-state index in [1.165, 1.54) is 6.42 Å². The van der Waals surface area contributed by atoms with Crippen LogP contribution in [0.5, 0.6) is 0 Å². The van der Waals surface area contributed by atoms with Crippen molar-refractivity contribution in [2.75, 3.05) is 0 Å². The fraction of sp³-hybridized carbons (Fsp3) is 0.615. The molecule has 0 amide bonds. The van der Waals surface area contributed by atoms with Crippen LogP contribution in [0.3, 0.4) is 0 Å². The Morgan fingerprint density at radius 3 is 2.89 bits per heavy atom. The fourth-order valence-corrected chi connectivity index (χ4v) is 3.23. The van der Waals surface area contributed by atoms with Crippen LogP contribution in [-0.4, -0.2) is 25.8 Å². The van der Waals surface area contributed by atoms with E-state index in [9.17, 15) is 4.79 Å². The summed E-state index contributed by atoms with van der Waals surface area (Å²) in [5, 5.41) is 17.2. The second-order valence-corrected chi connectivity index (χ2v) is 5.29. The molecule has 3 atom stereocenters. The van der Waals surface area contributed by atoms with Gasteiger partial charge in [0.2, 0.25) is 0 Å². The topological polar surface area (TPSA) is 68.0 Å². The second kappa shape index (κ2) is 4.23. The molecule has 96 valence electrons. The molecular weight excluding hydrogens is 230 g/mol. The van der Waals surface area contributed by atoms with Crippen LogP contribution in [0.25, 0.3) is 0 Å². The zero-order chi connectivity index (χ0) is 12.7. The SMILES string of the molecule is Cc1nnc(C2CC3C=CC2C3)n1CCC(=O)O. The molecule has 5 nitrogen and oxygen atoms in total. The minimum atomic E-state index is -0.776. The van der Waals surface area contributed by atoms with E-state index in [2.05, 4.69) is 22.3 Å². The molecule has 1 N–H and O–H groups in total. The molecule has 1 saturated carbocycles. The Morgan fingerprint density at radius 1 is 1.44 bits per heavy atom. The van der Waals surface area contributed by atoms with Crippen molar-refractivity contribution < 1.29 is 9.90 Å². The van der Waals surface area contributed by atoms with Gasteiger partial charge in [-0.3, -0.25) is 4.79 Å². The first-order valence-corrected chi connectivity index (χ1v) is 6.45.